The zero-order valence-corrected chi connectivity index (χ0v) is 13.7. The number of hydrogen-bond acceptors (Lipinski definition) is 0. The Labute approximate surface area is 129 Å². The molecule has 0 aliphatic carbocycles. The summed E-state index contributed by atoms with van der Waals surface area (Å²) in [4.78, 5) is 0. The second kappa shape index (κ2) is 6.74. The van der Waals surface area contributed by atoms with Gasteiger partial charge in [-0.3, -0.25) is 0 Å². The highest BCUT2D eigenvalue weighted by atomic mass is 79.9. The standard InChI is InChI=1S/C2Cl6.CBrCl3/c3-1(4,5)2(6,7)8;2-1(3,4)5. The van der Waals surface area contributed by atoms with E-state index >= 15 is 0 Å². The third-order valence-electron chi connectivity index (χ3n) is 0.321. The van der Waals surface area contributed by atoms with E-state index in [1.54, 1.807) is 0 Å². The van der Waals surface area contributed by atoms with Crippen LogP contribution in [-0.4, -0.2) is 10.3 Å². The number of halogens is 10. The third kappa shape index (κ3) is 17.7. The molecule has 0 aromatic carbocycles. The molecule has 0 bridgehead atoms. The fourth-order valence-electron chi connectivity index (χ4n) is 0. The van der Waals surface area contributed by atoms with E-state index in [1.807, 2.05) is 0 Å². The lowest BCUT2D eigenvalue weighted by atomic mass is 10.9. The maximum atomic E-state index is 5.14. The van der Waals surface area contributed by atoms with Gasteiger partial charge in [0.25, 0.3) is 0 Å². The van der Waals surface area contributed by atoms with Crippen molar-refractivity contribution in [1.82, 2.24) is 0 Å². The van der Waals surface area contributed by atoms with Crippen molar-refractivity contribution in [2.45, 2.75) is 10.3 Å². The molecule has 13 heavy (non-hydrogen) atoms. The molecular weight excluding hydrogens is 435 g/mol. The smallest absolute Gasteiger partial charge is 0.0788 e. The minimum absolute atomic E-state index is 1.27. The lowest BCUT2D eigenvalue weighted by Gasteiger charge is -2.19. The first-order valence-electron chi connectivity index (χ1n) is 2.14. The van der Waals surface area contributed by atoms with Crippen molar-refractivity contribution >= 4 is 120 Å². The van der Waals surface area contributed by atoms with Crippen molar-refractivity contribution in [2.24, 2.45) is 0 Å². The van der Waals surface area contributed by atoms with Gasteiger partial charge < -0.3 is 0 Å². The van der Waals surface area contributed by atoms with Crippen molar-refractivity contribution in [2.75, 3.05) is 0 Å². The average Bonchev–Trinajstić information content (AvgIpc) is 1.50. The molecule has 0 saturated heterocycles. The number of alkyl halides is 10. The largest absolute Gasteiger partial charge is 0.245 e. The van der Waals surface area contributed by atoms with Crippen LogP contribution in [0, 0.1) is 0 Å². The van der Waals surface area contributed by atoms with Crippen LogP contribution in [0.4, 0.5) is 0 Å². The lowest BCUT2D eigenvalue weighted by molar-refractivity contribution is 1.10. The molecule has 82 valence electrons. The summed E-state index contributed by atoms with van der Waals surface area (Å²) in [5, 5.41) is 0. The topological polar surface area (TPSA) is 0 Å². The van der Waals surface area contributed by atoms with Crippen LogP contribution in [-0.2, 0) is 0 Å². The van der Waals surface area contributed by atoms with Gasteiger partial charge >= 0.3 is 0 Å². The Morgan fingerprint density at radius 3 is 0.615 bits per heavy atom. The molecule has 0 atom stereocenters. The molecule has 0 radical (unpaired) electrons. The van der Waals surface area contributed by atoms with Gasteiger partial charge in [-0.05, 0) is 15.9 Å². The SMILES string of the molecule is ClC(Cl)(Cl)Br.ClC(Cl)(Cl)C(Cl)(Cl)Cl. The molecule has 0 amide bonds. The first-order chi connectivity index (χ1) is 5.25. The van der Waals surface area contributed by atoms with Gasteiger partial charge in [-0.1, -0.05) is 104 Å². The molecule has 0 spiro atoms. The predicted octanol–water partition coefficient (Wildman–Crippen LogP) is 6.44. The molecule has 0 heterocycles. The maximum absolute atomic E-state index is 5.14. The van der Waals surface area contributed by atoms with Crippen molar-refractivity contribution in [3.63, 3.8) is 0 Å². The zero-order valence-electron chi connectivity index (χ0n) is 5.28. The summed E-state index contributed by atoms with van der Waals surface area (Å²) in [6.07, 6.45) is 0. The minimum atomic E-state index is -1.85. The highest BCUT2D eigenvalue weighted by Gasteiger charge is 2.43. The normalized spacial score (nSPS) is 13.4. The fourth-order valence-corrected chi connectivity index (χ4v) is 0. The van der Waals surface area contributed by atoms with Crippen LogP contribution in [0.25, 0.3) is 0 Å². The van der Waals surface area contributed by atoms with Crippen molar-refractivity contribution < 1.29 is 0 Å². The second-order valence-electron chi connectivity index (χ2n) is 1.42. The highest BCUT2D eigenvalue weighted by molar-refractivity contribution is 9.11. The van der Waals surface area contributed by atoms with E-state index in [0.29, 0.717) is 0 Å². The van der Waals surface area contributed by atoms with Crippen LogP contribution in [0.15, 0.2) is 0 Å². The van der Waals surface area contributed by atoms with Crippen LogP contribution in [0.3, 0.4) is 0 Å². The summed E-state index contributed by atoms with van der Waals surface area (Å²) >= 11 is 48.5. The molecule has 0 fully saturated rings. The molecule has 0 unspecified atom stereocenters. The molecule has 0 rings (SSSR count). The molecule has 0 saturated carbocycles. The van der Waals surface area contributed by atoms with Crippen LogP contribution < -0.4 is 0 Å². The summed E-state index contributed by atoms with van der Waals surface area (Å²) in [6, 6.07) is 0. The Hall–Kier alpha value is 3.09. The van der Waals surface area contributed by atoms with Gasteiger partial charge in [0.2, 0.25) is 10.3 Å². The van der Waals surface area contributed by atoms with E-state index in [1.165, 1.54) is 0 Å². The molecule has 0 aromatic heterocycles. The summed E-state index contributed by atoms with van der Waals surface area (Å²) in [5.41, 5.74) is 0. The van der Waals surface area contributed by atoms with Crippen LogP contribution in [0.1, 0.15) is 0 Å². The zero-order chi connectivity index (χ0) is 11.5. The van der Waals surface area contributed by atoms with Crippen LogP contribution in [0.5, 0.6) is 0 Å². The quantitative estimate of drug-likeness (QED) is 0.385. The number of rotatable bonds is 0. The van der Waals surface area contributed by atoms with Gasteiger partial charge in [0.1, 0.15) is 0 Å². The number of hydrogen-bond donors (Lipinski definition) is 0. The molecule has 0 aliphatic rings. The van der Waals surface area contributed by atoms with E-state index in [4.69, 9.17) is 104 Å². The Balaban J connectivity index is 0. The molecule has 10 heteroatoms. The molecular formula is C3BrCl9. The van der Waals surface area contributed by atoms with Gasteiger partial charge in [0, 0.05) is 0 Å². The summed E-state index contributed by atoms with van der Waals surface area (Å²) in [6.45, 7) is 0. The Kier molecular flexibility index (Phi) is 9.56. The fraction of sp³-hybridized carbons (Fsp3) is 1.00. The van der Waals surface area contributed by atoms with E-state index in [-0.39, 0.29) is 0 Å². The van der Waals surface area contributed by atoms with Gasteiger partial charge in [-0.25, -0.2) is 0 Å². The summed E-state index contributed by atoms with van der Waals surface area (Å²) in [7, 11) is 0. The van der Waals surface area contributed by atoms with Crippen LogP contribution in [0.2, 0.25) is 0 Å². The van der Waals surface area contributed by atoms with Crippen molar-refractivity contribution in [3.05, 3.63) is 0 Å². The monoisotopic (exact) mass is 430 g/mol. The van der Waals surface area contributed by atoms with Crippen molar-refractivity contribution in [1.29, 1.82) is 0 Å². The van der Waals surface area contributed by atoms with Crippen LogP contribution >= 0.6 is 120 Å². The second-order valence-corrected chi connectivity index (χ2v) is 10.8. The average molecular weight is 435 g/mol. The summed E-state index contributed by atoms with van der Waals surface area (Å²) in [5.74, 6) is 0. The summed E-state index contributed by atoms with van der Waals surface area (Å²) < 4.78 is -4.97. The van der Waals surface area contributed by atoms with Gasteiger partial charge in [0.05, 0.1) is 0 Å². The Morgan fingerprint density at radius 2 is 0.615 bits per heavy atom. The van der Waals surface area contributed by atoms with E-state index in [0.717, 1.165) is 0 Å². The molecule has 0 nitrogen and oxygen atoms in total. The first kappa shape index (κ1) is 18.5. The van der Waals surface area contributed by atoms with Gasteiger partial charge in [-0.2, -0.15) is 0 Å². The minimum Gasteiger partial charge on any atom is -0.0788 e. The molecule has 0 aromatic rings. The third-order valence-corrected chi connectivity index (χ3v) is 2.89. The van der Waals surface area contributed by atoms with Crippen molar-refractivity contribution in [3.8, 4) is 0 Å². The maximum Gasteiger partial charge on any atom is 0.245 e. The molecule has 0 aliphatic heterocycles. The first-order valence-corrected chi connectivity index (χ1v) is 6.33. The Bertz CT molecular complexity index is 118. The lowest BCUT2D eigenvalue weighted by Crippen LogP contribution is -2.23. The van der Waals surface area contributed by atoms with Gasteiger partial charge in [-0.15, -0.1) is 0 Å². The van der Waals surface area contributed by atoms with Gasteiger partial charge in [0.15, 0.2) is 0 Å². The van der Waals surface area contributed by atoms with E-state index < -0.39 is 10.3 Å². The Morgan fingerprint density at radius 1 is 0.538 bits per heavy atom. The highest BCUT2D eigenvalue weighted by Crippen LogP contribution is 2.48. The van der Waals surface area contributed by atoms with E-state index in [9.17, 15) is 0 Å². The molecule has 0 N–H and O–H groups in total. The van der Waals surface area contributed by atoms with E-state index in [2.05, 4.69) is 15.9 Å². The predicted molar refractivity (Wildman–Crippen MR) is 69.8 cm³/mol.